The number of rotatable bonds is 2. The van der Waals surface area contributed by atoms with Gasteiger partial charge < -0.3 is 10.1 Å². The average Bonchev–Trinajstić information content (AvgIpc) is 2.35. The van der Waals surface area contributed by atoms with E-state index in [0.29, 0.717) is 11.3 Å². The van der Waals surface area contributed by atoms with Crippen LogP contribution in [-0.2, 0) is 14.3 Å². The summed E-state index contributed by atoms with van der Waals surface area (Å²) < 4.78 is 4.58. The molecule has 1 N–H and O–H groups in total. The zero-order valence-electron chi connectivity index (χ0n) is 10.5. The first-order valence-electron chi connectivity index (χ1n) is 5.39. The lowest BCUT2D eigenvalue weighted by Crippen LogP contribution is -2.16. The first kappa shape index (κ1) is 13.2. The third-order valence-corrected chi connectivity index (χ3v) is 2.37. The first-order valence-corrected chi connectivity index (χ1v) is 5.39. The molecular formula is C13H17NO3. The van der Waals surface area contributed by atoms with Crippen molar-refractivity contribution in [1.29, 1.82) is 0 Å². The Morgan fingerprint density at radius 3 is 2.35 bits per heavy atom. The summed E-state index contributed by atoms with van der Waals surface area (Å²) in [6.45, 7) is 5.25. The van der Waals surface area contributed by atoms with Gasteiger partial charge in [-0.05, 0) is 12.2 Å². The van der Waals surface area contributed by atoms with Crippen molar-refractivity contribution in [3.63, 3.8) is 0 Å². The second-order valence-corrected chi connectivity index (χ2v) is 4.45. The Bertz CT molecular complexity index is 428. The van der Waals surface area contributed by atoms with Crippen molar-refractivity contribution < 1.29 is 14.3 Å². The van der Waals surface area contributed by atoms with Gasteiger partial charge in [0.2, 0.25) is 0 Å². The SMILES string of the molecule is CNC1=C(C(=O)OC(C)=O)C=CC(C)(C)C=C1. The third-order valence-electron chi connectivity index (χ3n) is 2.37. The van der Waals surface area contributed by atoms with E-state index in [4.69, 9.17) is 0 Å². The molecule has 4 heteroatoms. The molecule has 4 nitrogen and oxygen atoms in total. The Morgan fingerprint density at radius 1 is 1.24 bits per heavy atom. The highest BCUT2D eigenvalue weighted by atomic mass is 16.6. The fourth-order valence-electron chi connectivity index (χ4n) is 1.41. The number of carbonyl (C=O) groups is 2. The number of esters is 2. The minimum Gasteiger partial charge on any atom is -0.390 e. The Hall–Kier alpha value is -1.84. The third kappa shape index (κ3) is 3.59. The summed E-state index contributed by atoms with van der Waals surface area (Å²) in [5.41, 5.74) is 0.850. The molecule has 0 radical (unpaired) electrons. The van der Waals surface area contributed by atoms with Crippen molar-refractivity contribution in [1.82, 2.24) is 5.32 Å². The summed E-state index contributed by atoms with van der Waals surface area (Å²) in [4.78, 5) is 22.5. The number of allylic oxidation sites excluding steroid dienone is 3. The summed E-state index contributed by atoms with van der Waals surface area (Å²) >= 11 is 0. The molecule has 0 unspecified atom stereocenters. The number of hydrogen-bond acceptors (Lipinski definition) is 4. The van der Waals surface area contributed by atoms with Gasteiger partial charge in [-0.2, -0.15) is 0 Å². The molecule has 0 aromatic carbocycles. The zero-order chi connectivity index (χ0) is 13.1. The van der Waals surface area contributed by atoms with E-state index in [9.17, 15) is 9.59 Å². The molecule has 0 fully saturated rings. The van der Waals surface area contributed by atoms with E-state index < -0.39 is 11.9 Å². The molecule has 0 aliphatic heterocycles. The summed E-state index contributed by atoms with van der Waals surface area (Å²) in [5.74, 6) is -1.25. The van der Waals surface area contributed by atoms with E-state index in [-0.39, 0.29) is 5.41 Å². The lowest BCUT2D eigenvalue weighted by atomic mass is 9.93. The normalized spacial score (nSPS) is 17.6. The Labute approximate surface area is 101 Å². The lowest BCUT2D eigenvalue weighted by molar-refractivity contribution is -0.154. The predicted molar refractivity (Wildman–Crippen MR) is 64.9 cm³/mol. The van der Waals surface area contributed by atoms with E-state index in [2.05, 4.69) is 10.1 Å². The molecular weight excluding hydrogens is 218 g/mol. The number of likely N-dealkylation sites (N-methyl/N-ethyl adjacent to an activating group) is 1. The van der Waals surface area contributed by atoms with Crippen molar-refractivity contribution in [2.75, 3.05) is 7.05 Å². The van der Waals surface area contributed by atoms with Crippen LogP contribution in [0.15, 0.2) is 35.6 Å². The molecule has 0 bridgehead atoms. The second-order valence-electron chi connectivity index (χ2n) is 4.45. The molecule has 0 saturated carbocycles. The van der Waals surface area contributed by atoms with Crippen LogP contribution in [-0.4, -0.2) is 19.0 Å². The monoisotopic (exact) mass is 235 g/mol. The molecule has 0 aromatic rings. The first-order chi connectivity index (χ1) is 7.85. The lowest BCUT2D eigenvalue weighted by Gasteiger charge is -2.12. The fraction of sp³-hybridized carbons (Fsp3) is 0.385. The maximum atomic E-state index is 11.7. The van der Waals surface area contributed by atoms with Gasteiger partial charge in [0.15, 0.2) is 0 Å². The number of ether oxygens (including phenoxy) is 1. The maximum absolute atomic E-state index is 11.7. The largest absolute Gasteiger partial charge is 0.390 e. The van der Waals surface area contributed by atoms with Crippen LogP contribution in [0.25, 0.3) is 0 Å². The average molecular weight is 235 g/mol. The maximum Gasteiger partial charge on any atom is 0.347 e. The van der Waals surface area contributed by atoms with Gasteiger partial charge in [0.1, 0.15) is 0 Å². The van der Waals surface area contributed by atoms with Gasteiger partial charge in [0.05, 0.1) is 5.57 Å². The van der Waals surface area contributed by atoms with E-state index in [0.717, 1.165) is 0 Å². The van der Waals surface area contributed by atoms with Crippen LogP contribution in [0.2, 0.25) is 0 Å². The molecule has 0 atom stereocenters. The van der Waals surface area contributed by atoms with E-state index in [1.54, 1.807) is 13.1 Å². The predicted octanol–water partition coefficient (Wildman–Crippen LogP) is 1.70. The standard InChI is InChI=1S/C13H17NO3/c1-9(15)17-12(16)10-5-7-13(2,3)8-6-11(10)14-4/h5-8,14H,1-4H3. The molecule has 0 aromatic heterocycles. The van der Waals surface area contributed by atoms with Gasteiger partial charge in [0.25, 0.3) is 0 Å². The quantitative estimate of drug-likeness (QED) is 0.584. The van der Waals surface area contributed by atoms with Crippen LogP contribution in [0.5, 0.6) is 0 Å². The van der Waals surface area contributed by atoms with Gasteiger partial charge in [0, 0.05) is 25.1 Å². The zero-order valence-corrected chi connectivity index (χ0v) is 10.5. The number of nitrogens with one attached hydrogen (secondary N) is 1. The van der Waals surface area contributed by atoms with Crippen LogP contribution in [0.4, 0.5) is 0 Å². The van der Waals surface area contributed by atoms with Gasteiger partial charge in [-0.15, -0.1) is 0 Å². The molecule has 0 amide bonds. The summed E-state index contributed by atoms with van der Waals surface area (Å²) in [6, 6.07) is 0. The molecule has 92 valence electrons. The van der Waals surface area contributed by atoms with Gasteiger partial charge in [-0.1, -0.05) is 26.0 Å². The molecule has 0 heterocycles. The topological polar surface area (TPSA) is 55.4 Å². The second kappa shape index (κ2) is 4.99. The van der Waals surface area contributed by atoms with Crippen molar-refractivity contribution >= 4 is 11.9 Å². The van der Waals surface area contributed by atoms with Crippen LogP contribution in [0.3, 0.4) is 0 Å². The van der Waals surface area contributed by atoms with E-state index in [1.807, 2.05) is 32.1 Å². The molecule has 17 heavy (non-hydrogen) atoms. The molecule has 0 saturated heterocycles. The van der Waals surface area contributed by atoms with Crippen LogP contribution in [0, 0.1) is 5.41 Å². The van der Waals surface area contributed by atoms with E-state index >= 15 is 0 Å². The summed E-state index contributed by atoms with van der Waals surface area (Å²) in [6.07, 6.45) is 7.36. The van der Waals surface area contributed by atoms with Crippen molar-refractivity contribution in [3.05, 3.63) is 35.6 Å². The molecule has 1 rings (SSSR count). The van der Waals surface area contributed by atoms with Crippen LogP contribution < -0.4 is 5.32 Å². The van der Waals surface area contributed by atoms with Gasteiger partial charge >= 0.3 is 11.9 Å². The summed E-state index contributed by atoms with van der Waals surface area (Å²) in [7, 11) is 1.72. The Kier molecular flexibility index (Phi) is 3.89. The van der Waals surface area contributed by atoms with Crippen molar-refractivity contribution in [2.45, 2.75) is 20.8 Å². The highest BCUT2D eigenvalue weighted by molar-refractivity contribution is 5.98. The fourth-order valence-corrected chi connectivity index (χ4v) is 1.41. The van der Waals surface area contributed by atoms with Crippen molar-refractivity contribution in [2.24, 2.45) is 5.41 Å². The van der Waals surface area contributed by atoms with Gasteiger partial charge in [-0.25, -0.2) is 4.79 Å². The van der Waals surface area contributed by atoms with E-state index in [1.165, 1.54) is 6.92 Å². The Balaban J connectivity index is 3.09. The molecule has 1 aliphatic carbocycles. The Morgan fingerprint density at radius 2 is 1.82 bits per heavy atom. The van der Waals surface area contributed by atoms with Gasteiger partial charge in [-0.3, -0.25) is 4.79 Å². The number of hydrogen-bond donors (Lipinski definition) is 1. The molecule has 1 aliphatic rings. The minimum absolute atomic E-state index is 0.139. The minimum atomic E-state index is -0.638. The number of carbonyl (C=O) groups excluding carboxylic acids is 2. The molecule has 0 spiro atoms. The van der Waals surface area contributed by atoms with Crippen LogP contribution in [0.1, 0.15) is 20.8 Å². The highest BCUT2D eigenvalue weighted by Crippen LogP contribution is 2.25. The van der Waals surface area contributed by atoms with Crippen LogP contribution >= 0.6 is 0 Å². The summed E-state index contributed by atoms with van der Waals surface area (Å²) in [5, 5.41) is 2.92. The highest BCUT2D eigenvalue weighted by Gasteiger charge is 2.19. The van der Waals surface area contributed by atoms with Crippen molar-refractivity contribution in [3.8, 4) is 0 Å². The smallest absolute Gasteiger partial charge is 0.347 e.